The van der Waals surface area contributed by atoms with E-state index in [0.717, 1.165) is 18.9 Å². The zero-order valence-corrected chi connectivity index (χ0v) is 10.7. The zero-order chi connectivity index (χ0) is 11.5. The Labute approximate surface area is 98.5 Å². The largest absolute Gasteiger partial charge is 0.337 e. The minimum absolute atomic E-state index is 0.695. The highest BCUT2D eigenvalue weighted by molar-refractivity contribution is 4.98. The summed E-state index contributed by atoms with van der Waals surface area (Å²) in [4.78, 5) is 6.88. The molecular formula is C13H23N3. The number of aromatic nitrogens is 2. The van der Waals surface area contributed by atoms with Crippen molar-refractivity contribution in [2.45, 2.75) is 33.2 Å². The van der Waals surface area contributed by atoms with Gasteiger partial charge in [0.1, 0.15) is 0 Å². The van der Waals surface area contributed by atoms with E-state index in [4.69, 9.17) is 0 Å². The van der Waals surface area contributed by atoms with Gasteiger partial charge in [0, 0.05) is 19.3 Å². The zero-order valence-electron chi connectivity index (χ0n) is 10.7. The lowest BCUT2D eigenvalue weighted by atomic mass is 10.1. The van der Waals surface area contributed by atoms with E-state index in [2.05, 4.69) is 41.5 Å². The molecule has 0 aromatic carbocycles. The molecule has 1 aromatic rings. The van der Waals surface area contributed by atoms with Gasteiger partial charge in [-0.2, -0.15) is 0 Å². The SMILES string of the molecule is CC(C)Cc1cn(C[C@H]2CCN(C)C2)cn1. The molecule has 1 saturated heterocycles. The van der Waals surface area contributed by atoms with Crippen molar-refractivity contribution in [2.24, 2.45) is 11.8 Å². The quantitative estimate of drug-likeness (QED) is 0.775. The number of hydrogen-bond donors (Lipinski definition) is 0. The number of hydrogen-bond acceptors (Lipinski definition) is 2. The fourth-order valence-corrected chi connectivity index (χ4v) is 2.50. The molecule has 1 fully saturated rings. The van der Waals surface area contributed by atoms with Gasteiger partial charge in [-0.05, 0) is 38.3 Å². The Morgan fingerprint density at radius 3 is 2.94 bits per heavy atom. The first-order valence-electron chi connectivity index (χ1n) is 6.32. The molecule has 0 radical (unpaired) electrons. The van der Waals surface area contributed by atoms with Crippen LogP contribution in [0.4, 0.5) is 0 Å². The number of likely N-dealkylation sites (tertiary alicyclic amines) is 1. The van der Waals surface area contributed by atoms with E-state index < -0.39 is 0 Å². The molecule has 3 heteroatoms. The van der Waals surface area contributed by atoms with Gasteiger partial charge in [-0.25, -0.2) is 4.98 Å². The van der Waals surface area contributed by atoms with Crippen molar-refractivity contribution in [3.05, 3.63) is 18.2 Å². The Morgan fingerprint density at radius 2 is 2.31 bits per heavy atom. The lowest BCUT2D eigenvalue weighted by molar-refractivity contribution is 0.378. The predicted octanol–water partition coefficient (Wildman–Crippen LogP) is 2.03. The van der Waals surface area contributed by atoms with Crippen molar-refractivity contribution >= 4 is 0 Å². The van der Waals surface area contributed by atoms with E-state index in [1.165, 1.54) is 25.2 Å². The number of imidazole rings is 1. The van der Waals surface area contributed by atoms with Gasteiger partial charge in [0.2, 0.25) is 0 Å². The van der Waals surface area contributed by atoms with Gasteiger partial charge in [0.25, 0.3) is 0 Å². The molecule has 1 aromatic heterocycles. The van der Waals surface area contributed by atoms with Gasteiger partial charge in [-0.15, -0.1) is 0 Å². The number of rotatable bonds is 4. The van der Waals surface area contributed by atoms with Gasteiger partial charge in [0.05, 0.1) is 12.0 Å². The van der Waals surface area contributed by atoms with E-state index in [1.54, 1.807) is 0 Å². The smallest absolute Gasteiger partial charge is 0.0949 e. The Kier molecular flexibility index (Phi) is 3.64. The second-order valence-electron chi connectivity index (χ2n) is 5.58. The van der Waals surface area contributed by atoms with Crippen molar-refractivity contribution in [2.75, 3.05) is 20.1 Å². The lowest BCUT2D eigenvalue weighted by Gasteiger charge is -2.10. The molecule has 0 saturated carbocycles. The second kappa shape index (κ2) is 5.00. The summed E-state index contributed by atoms with van der Waals surface area (Å²) in [5, 5.41) is 0. The molecule has 2 rings (SSSR count). The Balaban J connectivity index is 1.87. The summed E-state index contributed by atoms with van der Waals surface area (Å²) in [6.07, 6.45) is 6.64. The molecule has 1 atom stereocenters. The minimum Gasteiger partial charge on any atom is -0.337 e. The predicted molar refractivity (Wildman–Crippen MR) is 66.4 cm³/mol. The van der Waals surface area contributed by atoms with Crippen LogP contribution in [0.5, 0.6) is 0 Å². The topological polar surface area (TPSA) is 21.1 Å². The highest BCUT2D eigenvalue weighted by Crippen LogP contribution is 2.16. The summed E-state index contributed by atoms with van der Waals surface area (Å²) in [5.41, 5.74) is 1.24. The molecule has 3 nitrogen and oxygen atoms in total. The third-order valence-corrected chi connectivity index (χ3v) is 3.26. The summed E-state index contributed by atoms with van der Waals surface area (Å²) >= 11 is 0. The van der Waals surface area contributed by atoms with Crippen LogP contribution in [0.3, 0.4) is 0 Å². The van der Waals surface area contributed by atoms with Crippen LogP contribution in [0.25, 0.3) is 0 Å². The molecule has 0 amide bonds. The highest BCUT2D eigenvalue weighted by atomic mass is 15.1. The molecule has 0 bridgehead atoms. The van der Waals surface area contributed by atoms with Crippen molar-refractivity contribution in [3.63, 3.8) is 0 Å². The maximum atomic E-state index is 4.47. The van der Waals surface area contributed by atoms with Crippen molar-refractivity contribution in [1.82, 2.24) is 14.5 Å². The van der Waals surface area contributed by atoms with Crippen LogP contribution in [-0.2, 0) is 13.0 Å². The normalized spacial score (nSPS) is 22.1. The first-order chi connectivity index (χ1) is 7.63. The fourth-order valence-electron chi connectivity index (χ4n) is 2.50. The molecule has 0 unspecified atom stereocenters. The molecule has 16 heavy (non-hydrogen) atoms. The van der Waals surface area contributed by atoms with Crippen molar-refractivity contribution in [3.8, 4) is 0 Å². The molecule has 0 spiro atoms. The van der Waals surface area contributed by atoms with Crippen molar-refractivity contribution < 1.29 is 0 Å². The molecular weight excluding hydrogens is 198 g/mol. The summed E-state index contributed by atoms with van der Waals surface area (Å²) < 4.78 is 2.27. The average Bonchev–Trinajstić information content (AvgIpc) is 2.76. The molecule has 0 aliphatic carbocycles. The maximum absolute atomic E-state index is 4.47. The fraction of sp³-hybridized carbons (Fsp3) is 0.769. The average molecular weight is 221 g/mol. The van der Waals surface area contributed by atoms with Gasteiger partial charge in [-0.3, -0.25) is 0 Å². The van der Waals surface area contributed by atoms with Crippen LogP contribution in [0.1, 0.15) is 26.0 Å². The molecule has 1 aliphatic heterocycles. The first kappa shape index (κ1) is 11.6. The number of nitrogens with zero attached hydrogens (tertiary/aromatic N) is 3. The summed E-state index contributed by atoms with van der Waals surface area (Å²) in [7, 11) is 2.21. The van der Waals surface area contributed by atoms with Crippen molar-refractivity contribution in [1.29, 1.82) is 0 Å². The van der Waals surface area contributed by atoms with Crippen LogP contribution >= 0.6 is 0 Å². The highest BCUT2D eigenvalue weighted by Gasteiger charge is 2.19. The Hall–Kier alpha value is -0.830. The molecule has 90 valence electrons. The van der Waals surface area contributed by atoms with Gasteiger partial charge >= 0.3 is 0 Å². The van der Waals surface area contributed by atoms with Crippen LogP contribution in [0.15, 0.2) is 12.5 Å². The van der Waals surface area contributed by atoms with Crippen LogP contribution in [-0.4, -0.2) is 34.6 Å². The molecule has 1 aliphatic rings. The standard InChI is InChI=1S/C13H23N3/c1-11(2)6-13-9-16(10-14-13)8-12-4-5-15(3)7-12/h9-12H,4-8H2,1-3H3/t12-/m0/s1. The van der Waals surface area contributed by atoms with Gasteiger partial charge in [-0.1, -0.05) is 13.8 Å². The molecule has 0 N–H and O–H groups in total. The van der Waals surface area contributed by atoms with E-state index in [0.29, 0.717) is 5.92 Å². The second-order valence-corrected chi connectivity index (χ2v) is 5.58. The summed E-state index contributed by atoms with van der Waals surface area (Å²) in [6.45, 7) is 8.10. The minimum atomic E-state index is 0.695. The lowest BCUT2D eigenvalue weighted by Crippen LogP contribution is -2.16. The summed E-state index contributed by atoms with van der Waals surface area (Å²) in [6, 6.07) is 0. The van der Waals surface area contributed by atoms with Gasteiger partial charge < -0.3 is 9.47 Å². The van der Waals surface area contributed by atoms with Crippen LogP contribution in [0, 0.1) is 11.8 Å². The third-order valence-electron chi connectivity index (χ3n) is 3.26. The van der Waals surface area contributed by atoms with E-state index in [1.807, 2.05) is 6.33 Å². The van der Waals surface area contributed by atoms with Crippen LogP contribution < -0.4 is 0 Å². The maximum Gasteiger partial charge on any atom is 0.0949 e. The summed E-state index contributed by atoms with van der Waals surface area (Å²) in [5.74, 6) is 1.51. The molecule has 2 heterocycles. The van der Waals surface area contributed by atoms with E-state index in [9.17, 15) is 0 Å². The third kappa shape index (κ3) is 3.08. The van der Waals surface area contributed by atoms with E-state index >= 15 is 0 Å². The van der Waals surface area contributed by atoms with Gasteiger partial charge in [0.15, 0.2) is 0 Å². The Bertz CT molecular complexity index is 330. The first-order valence-corrected chi connectivity index (χ1v) is 6.32. The van der Waals surface area contributed by atoms with Crippen LogP contribution in [0.2, 0.25) is 0 Å². The monoisotopic (exact) mass is 221 g/mol. The van der Waals surface area contributed by atoms with E-state index in [-0.39, 0.29) is 0 Å². The Morgan fingerprint density at radius 1 is 1.50 bits per heavy atom.